The van der Waals surface area contributed by atoms with Gasteiger partial charge in [0.05, 0.1) is 0 Å². The first-order chi connectivity index (χ1) is 6.97. The molecule has 0 saturated carbocycles. The van der Waals surface area contributed by atoms with Gasteiger partial charge < -0.3 is 10.4 Å². The minimum atomic E-state index is -0.971. The lowest BCUT2D eigenvalue weighted by Crippen LogP contribution is -2.41. The second-order valence-corrected chi connectivity index (χ2v) is 4.72. The normalized spacial score (nSPS) is 14.3. The van der Waals surface area contributed by atoms with Crippen molar-refractivity contribution < 1.29 is 14.7 Å². The molecule has 0 aliphatic carbocycles. The maximum absolute atomic E-state index is 10.8. The van der Waals surface area contributed by atoms with E-state index in [0.29, 0.717) is 11.7 Å². The average Bonchev–Trinajstić information content (AvgIpc) is 2.15. The summed E-state index contributed by atoms with van der Waals surface area (Å²) in [7, 11) is 0. The third-order valence-corrected chi connectivity index (χ3v) is 3.43. The van der Waals surface area contributed by atoms with Crippen LogP contribution >= 0.6 is 11.8 Å². The number of aliphatic carboxylic acids is 1. The summed E-state index contributed by atoms with van der Waals surface area (Å²) in [4.78, 5) is 21.5. The third-order valence-electron chi connectivity index (χ3n) is 2.06. The highest BCUT2D eigenvalue weighted by atomic mass is 32.2. The molecular formula is C10H19NO3S. The van der Waals surface area contributed by atoms with Gasteiger partial charge in [0, 0.05) is 12.7 Å². The largest absolute Gasteiger partial charge is 0.480 e. The van der Waals surface area contributed by atoms with Crippen LogP contribution in [0.2, 0.25) is 0 Å². The minimum Gasteiger partial charge on any atom is -0.480 e. The molecule has 0 saturated heterocycles. The summed E-state index contributed by atoms with van der Waals surface area (Å²) < 4.78 is 0. The predicted molar refractivity (Wildman–Crippen MR) is 62.0 cm³/mol. The average molecular weight is 233 g/mol. The van der Waals surface area contributed by atoms with Crippen LogP contribution in [0.15, 0.2) is 0 Å². The van der Waals surface area contributed by atoms with Gasteiger partial charge in [-0.25, -0.2) is 4.79 Å². The van der Waals surface area contributed by atoms with Crippen LogP contribution in [0, 0.1) is 5.92 Å². The Morgan fingerprint density at radius 1 is 1.40 bits per heavy atom. The van der Waals surface area contributed by atoms with Crippen LogP contribution in [-0.4, -0.2) is 34.5 Å². The summed E-state index contributed by atoms with van der Waals surface area (Å²) in [5.74, 6) is 0.675. The van der Waals surface area contributed by atoms with Gasteiger partial charge in [0.25, 0.3) is 0 Å². The zero-order valence-electron chi connectivity index (χ0n) is 9.45. The van der Waals surface area contributed by atoms with Crippen molar-refractivity contribution in [3.8, 4) is 0 Å². The number of thioether (sulfide) groups is 1. The summed E-state index contributed by atoms with van der Waals surface area (Å²) in [5.41, 5.74) is 0. The molecule has 5 heteroatoms. The number of amides is 1. The predicted octanol–water partition coefficient (Wildman–Crippen LogP) is 1.35. The van der Waals surface area contributed by atoms with Crippen molar-refractivity contribution in [2.45, 2.75) is 33.2 Å². The van der Waals surface area contributed by atoms with E-state index < -0.39 is 12.0 Å². The molecule has 0 radical (unpaired) electrons. The highest BCUT2D eigenvalue weighted by Gasteiger charge is 2.18. The number of hydrogen-bond acceptors (Lipinski definition) is 3. The second kappa shape index (κ2) is 7.56. The Hall–Kier alpha value is -0.710. The van der Waals surface area contributed by atoms with Crippen LogP contribution < -0.4 is 5.32 Å². The number of carbonyl (C=O) groups excluding carboxylic acids is 1. The molecule has 0 aliphatic heterocycles. The lowest BCUT2D eigenvalue weighted by Gasteiger charge is -2.14. The topological polar surface area (TPSA) is 66.4 Å². The maximum atomic E-state index is 10.8. The Bertz CT molecular complexity index is 221. The van der Waals surface area contributed by atoms with Gasteiger partial charge in [-0.1, -0.05) is 20.3 Å². The number of carbonyl (C=O) groups is 2. The summed E-state index contributed by atoms with van der Waals surface area (Å²) in [6, 6.07) is -0.767. The van der Waals surface area contributed by atoms with Gasteiger partial charge in [0.15, 0.2) is 0 Å². The van der Waals surface area contributed by atoms with Crippen LogP contribution in [0.4, 0.5) is 0 Å². The summed E-state index contributed by atoms with van der Waals surface area (Å²) in [5, 5.41) is 11.2. The van der Waals surface area contributed by atoms with E-state index >= 15 is 0 Å². The van der Waals surface area contributed by atoms with E-state index in [4.69, 9.17) is 5.11 Å². The van der Waals surface area contributed by atoms with E-state index in [1.165, 1.54) is 6.92 Å². The number of nitrogens with one attached hydrogen (secondary N) is 1. The molecule has 2 N–H and O–H groups in total. The molecular weight excluding hydrogens is 214 g/mol. The summed E-state index contributed by atoms with van der Waals surface area (Å²) in [6.07, 6.45) is 1.09. The molecule has 88 valence electrons. The smallest absolute Gasteiger partial charge is 0.327 e. The molecule has 0 bridgehead atoms. The molecule has 15 heavy (non-hydrogen) atoms. The molecule has 0 aliphatic rings. The Labute approximate surface area is 94.8 Å². The lowest BCUT2D eigenvalue weighted by atomic mass is 10.2. The highest BCUT2D eigenvalue weighted by Crippen LogP contribution is 2.12. The quantitative estimate of drug-likeness (QED) is 0.696. The van der Waals surface area contributed by atoms with E-state index in [1.807, 2.05) is 0 Å². The fourth-order valence-electron chi connectivity index (χ4n) is 0.925. The highest BCUT2D eigenvalue weighted by molar-refractivity contribution is 7.99. The van der Waals surface area contributed by atoms with Crippen molar-refractivity contribution in [3.63, 3.8) is 0 Å². The van der Waals surface area contributed by atoms with E-state index in [9.17, 15) is 9.59 Å². The van der Waals surface area contributed by atoms with Crippen molar-refractivity contribution >= 4 is 23.6 Å². The van der Waals surface area contributed by atoms with Gasteiger partial charge in [-0.2, -0.15) is 11.8 Å². The SMILES string of the molecule is CCC(C)CSC[C@H](NC(C)=O)C(=O)O. The third kappa shape index (κ3) is 7.25. The Morgan fingerprint density at radius 2 is 2.00 bits per heavy atom. The first kappa shape index (κ1) is 14.3. The van der Waals surface area contributed by atoms with E-state index in [2.05, 4.69) is 19.2 Å². The van der Waals surface area contributed by atoms with Gasteiger partial charge in [-0.05, 0) is 11.7 Å². The number of rotatable bonds is 7. The molecule has 1 unspecified atom stereocenters. The fraction of sp³-hybridized carbons (Fsp3) is 0.800. The van der Waals surface area contributed by atoms with Crippen molar-refractivity contribution in [1.82, 2.24) is 5.32 Å². The van der Waals surface area contributed by atoms with Crippen LogP contribution in [0.1, 0.15) is 27.2 Å². The molecule has 0 spiro atoms. The van der Waals surface area contributed by atoms with E-state index in [1.54, 1.807) is 11.8 Å². The van der Waals surface area contributed by atoms with Gasteiger partial charge in [-0.15, -0.1) is 0 Å². The summed E-state index contributed by atoms with van der Waals surface area (Å²) >= 11 is 1.57. The van der Waals surface area contributed by atoms with Crippen LogP contribution in [-0.2, 0) is 9.59 Å². The molecule has 0 rings (SSSR count). The van der Waals surface area contributed by atoms with Crippen LogP contribution in [0.3, 0.4) is 0 Å². The van der Waals surface area contributed by atoms with Gasteiger partial charge in [0.2, 0.25) is 5.91 Å². The van der Waals surface area contributed by atoms with E-state index in [0.717, 1.165) is 12.2 Å². The molecule has 4 nitrogen and oxygen atoms in total. The zero-order valence-corrected chi connectivity index (χ0v) is 10.3. The molecule has 0 aromatic heterocycles. The van der Waals surface area contributed by atoms with Gasteiger partial charge in [-0.3, -0.25) is 4.79 Å². The standard InChI is InChI=1S/C10H19NO3S/c1-4-7(2)5-15-6-9(10(13)14)11-8(3)12/h7,9H,4-6H2,1-3H3,(H,11,12)(H,13,14)/t7?,9-/m0/s1. The Morgan fingerprint density at radius 3 is 2.40 bits per heavy atom. The van der Waals surface area contributed by atoms with Crippen LogP contribution in [0.25, 0.3) is 0 Å². The van der Waals surface area contributed by atoms with Gasteiger partial charge in [0.1, 0.15) is 6.04 Å². The zero-order chi connectivity index (χ0) is 11.8. The number of carboxylic acids is 1. The molecule has 0 heterocycles. The molecule has 0 fully saturated rings. The van der Waals surface area contributed by atoms with Crippen molar-refractivity contribution in [2.75, 3.05) is 11.5 Å². The number of carboxylic acid groups (broad SMARTS) is 1. The number of hydrogen-bond donors (Lipinski definition) is 2. The molecule has 0 aromatic rings. The second-order valence-electron chi connectivity index (χ2n) is 3.64. The van der Waals surface area contributed by atoms with Crippen molar-refractivity contribution in [2.24, 2.45) is 5.92 Å². The van der Waals surface area contributed by atoms with Crippen molar-refractivity contribution in [3.05, 3.63) is 0 Å². The lowest BCUT2D eigenvalue weighted by molar-refractivity contribution is -0.140. The molecule has 0 aromatic carbocycles. The van der Waals surface area contributed by atoms with Gasteiger partial charge >= 0.3 is 5.97 Å². The molecule has 2 atom stereocenters. The molecule has 1 amide bonds. The first-order valence-corrected chi connectivity index (χ1v) is 6.20. The fourth-order valence-corrected chi connectivity index (χ4v) is 2.16. The Kier molecular flexibility index (Phi) is 7.21. The minimum absolute atomic E-state index is 0.300. The van der Waals surface area contributed by atoms with Crippen LogP contribution in [0.5, 0.6) is 0 Å². The maximum Gasteiger partial charge on any atom is 0.327 e. The van der Waals surface area contributed by atoms with Crippen molar-refractivity contribution in [1.29, 1.82) is 0 Å². The monoisotopic (exact) mass is 233 g/mol. The summed E-state index contributed by atoms with van der Waals surface area (Å²) in [6.45, 7) is 5.56. The first-order valence-electron chi connectivity index (χ1n) is 5.05. The van der Waals surface area contributed by atoms with E-state index in [-0.39, 0.29) is 5.91 Å². The Balaban J connectivity index is 3.86.